The summed E-state index contributed by atoms with van der Waals surface area (Å²) >= 11 is 0. The van der Waals surface area contributed by atoms with Gasteiger partial charge in [-0.25, -0.2) is 15.0 Å². The van der Waals surface area contributed by atoms with Crippen molar-refractivity contribution in [3.05, 3.63) is 31.1 Å². The van der Waals surface area contributed by atoms with Crippen LogP contribution in [0.5, 0.6) is 0 Å². The highest BCUT2D eigenvalue weighted by molar-refractivity contribution is 5.82. The standard InChI is InChI=1S/C14H17N7/c1-2-5-11(21-7-3-6-19-21)10(4-1)20-14-12-13(16-8-15-12)17-9-18-14/h3,6-11H,1-2,4-5H2,(H2,15,16,17,18,20)/t10-,11-/m1/s1. The monoisotopic (exact) mass is 283 g/mol. The van der Waals surface area contributed by atoms with Crippen molar-refractivity contribution < 1.29 is 0 Å². The van der Waals surface area contributed by atoms with E-state index < -0.39 is 0 Å². The Hall–Kier alpha value is -2.44. The highest BCUT2D eigenvalue weighted by Crippen LogP contribution is 2.31. The van der Waals surface area contributed by atoms with Crippen molar-refractivity contribution >= 4 is 17.0 Å². The first-order valence-electron chi connectivity index (χ1n) is 7.31. The molecule has 1 aliphatic rings. The molecule has 0 amide bonds. The minimum atomic E-state index is 0.319. The highest BCUT2D eigenvalue weighted by Gasteiger charge is 2.27. The van der Waals surface area contributed by atoms with E-state index in [1.165, 1.54) is 12.8 Å². The maximum atomic E-state index is 4.41. The van der Waals surface area contributed by atoms with Gasteiger partial charge in [-0.3, -0.25) is 4.68 Å². The number of anilines is 1. The van der Waals surface area contributed by atoms with Crippen LogP contribution in [0.2, 0.25) is 0 Å². The topological polar surface area (TPSA) is 84.3 Å². The molecule has 0 unspecified atom stereocenters. The van der Waals surface area contributed by atoms with Crippen LogP contribution in [0.1, 0.15) is 31.7 Å². The Labute approximate surface area is 121 Å². The summed E-state index contributed by atoms with van der Waals surface area (Å²) in [5.41, 5.74) is 1.56. The van der Waals surface area contributed by atoms with Gasteiger partial charge in [0.2, 0.25) is 0 Å². The molecule has 1 aliphatic carbocycles. The van der Waals surface area contributed by atoms with Crippen LogP contribution in [-0.2, 0) is 0 Å². The number of imidazole rings is 1. The van der Waals surface area contributed by atoms with E-state index in [9.17, 15) is 0 Å². The van der Waals surface area contributed by atoms with Gasteiger partial charge in [-0.1, -0.05) is 12.8 Å². The zero-order valence-electron chi connectivity index (χ0n) is 11.6. The summed E-state index contributed by atoms with van der Waals surface area (Å²) in [6.07, 6.45) is 11.8. The Bertz CT molecular complexity index is 718. The van der Waals surface area contributed by atoms with E-state index in [2.05, 4.69) is 35.0 Å². The minimum Gasteiger partial charge on any atom is -0.363 e. The summed E-state index contributed by atoms with van der Waals surface area (Å²) in [6, 6.07) is 2.66. The molecule has 0 aromatic carbocycles. The van der Waals surface area contributed by atoms with Crippen LogP contribution in [0.25, 0.3) is 11.2 Å². The molecule has 0 radical (unpaired) electrons. The molecular weight excluding hydrogens is 266 g/mol. The fourth-order valence-electron chi connectivity index (χ4n) is 3.12. The van der Waals surface area contributed by atoms with Crippen molar-refractivity contribution in [1.82, 2.24) is 29.7 Å². The van der Waals surface area contributed by atoms with Crippen molar-refractivity contribution in [2.24, 2.45) is 0 Å². The molecule has 0 spiro atoms. The number of hydrogen-bond donors (Lipinski definition) is 2. The van der Waals surface area contributed by atoms with Crippen LogP contribution in [0.3, 0.4) is 0 Å². The second kappa shape index (κ2) is 5.16. The molecule has 0 aliphatic heterocycles. The van der Waals surface area contributed by atoms with Crippen molar-refractivity contribution in [3.8, 4) is 0 Å². The summed E-state index contributed by atoms with van der Waals surface area (Å²) in [4.78, 5) is 15.8. The van der Waals surface area contributed by atoms with Gasteiger partial charge in [-0.05, 0) is 18.9 Å². The smallest absolute Gasteiger partial charge is 0.182 e. The average Bonchev–Trinajstić information content (AvgIpc) is 3.20. The van der Waals surface area contributed by atoms with Gasteiger partial charge in [-0.15, -0.1) is 0 Å². The third-order valence-corrected chi connectivity index (χ3v) is 4.14. The van der Waals surface area contributed by atoms with Crippen molar-refractivity contribution in [3.63, 3.8) is 0 Å². The molecule has 0 saturated heterocycles. The van der Waals surface area contributed by atoms with E-state index >= 15 is 0 Å². The molecule has 2 N–H and O–H groups in total. The lowest BCUT2D eigenvalue weighted by molar-refractivity contribution is 0.301. The SMILES string of the molecule is c1cnn([C@@H]2CCCC[C@H]2Nc2ncnc3nc[nH]c23)c1. The predicted molar refractivity (Wildman–Crippen MR) is 78.8 cm³/mol. The molecule has 4 rings (SSSR count). The lowest BCUT2D eigenvalue weighted by Crippen LogP contribution is -2.34. The normalized spacial score (nSPS) is 22.5. The molecular formula is C14H17N7. The van der Waals surface area contributed by atoms with Gasteiger partial charge in [0.1, 0.15) is 11.8 Å². The maximum absolute atomic E-state index is 4.41. The number of aromatic nitrogens is 6. The highest BCUT2D eigenvalue weighted by atomic mass is 15.3. The molecule has 0 bridgehead atoms. The molecule has 2 atom stereocenters. The number of rotatable bonds is 3. The summed E-state index contributed by atoms with van der Waals surface area (Å²) in [5.74, 6) is 0.821. The molecule has 3 aromatic rings. The largest absolute Gasteiger partial charge is 0.363 e. The maximum Gasteiger partial charge on any atom is 0.182 e. The van der Waals surface area contributed by atoms with Crippen molar-refractivity contribution in [1.29, 1.82) is 0 Å². The average molecular weight is 283 g/mol. The van der Waals surface area contributed by atoms with Gasteiger partial charge in [0.15, 0.2) is 11.5 Å². The number of fused-ring (bicyclic) bond motifs is 1. The number of nitrogens with one attached hydrogen (secondary N) is 2. The molecule has 108 valence electrons. The number of aromatic amines is 1. The zero-order chi connectivity index (χ0) is 14.1. The van der Waals surface area contributed by atoms with Crippen LogP contribution in [0.4, 0.5) is 5.82 Å². The Morgan fingerprint density at radius 2 is 2.14 bits per heavy atom. The first-order valence-corrected chi connectivity index (χ1v) is 7.31. The summed E-state index contributed by atoms with van der Waals surface area (Å²) in [7, 11) is 0. The second-order valence-electron chi connectivity index (χ2n) is 5.41. The predicted octanol–water partition coefficient (Wildman–Crippen LogP) is 2.15. The first-order chi connectivity index (χ1) is 10.4. The van der Waals surface area contributed by atoms with Gasteiger partial charge in [0.25, 0.3) is 0 Å². The van der Waals surface area contributed by atoms with Gasteiger partial charge in [0.05, 0.1) is 18.4 Å². The van der Waals surface area contributed by atoms with Crippen molar-refractivity contribution in [2.75, 3.05) is 5.32 Å². The molecule has 21 heavy (non-hydrogen) atoms. The summed E-state index contributed by atoms with van der Waals surface area (Å²) in [6.45, 7) is 0. The van der Waals surface area contributed by atoms with E-state index in [1.807, 2.05) is 18.5 Å². The van der Waals surface area contributed by atoms with Crippen LogP contribution in [0, 0.1) is 0 Å². The van der Waals surface area contributed by atoms with Crippen LogP contribution in [0.15, 0.2) is 31.1 Å². The fourth-order valence-corrected chi connectivity index (χ4v) is 3.12. The molecule has 3 aromatic heterocycles. The summed E-state index contributed by atoms with van der Waals surface area (Å²) in [5, 5.41) is 7.97. The van der Waals surface area contributed by atoms with E-state index in [0.29, 0.717) is 17.7 Å². The Morgan fingerprint density at radius 3 is 3.05 bits per heavy atom. The molecule has 3 heterocycles. The quantitative estimate of drug-likeness (QED) is 0.769. The zero-order valence-corrected chi connectivity index (χ0v) is 11.6. The van der Waals surface area contributed by atoms with Crippen LogP contribution >= 0.6 is 0 Å². The van der Waals surface area contributed by atoms with Gasteiger partial charge in [-0.2, -0.15) is 5.10 Å². The molecule has 7 nitrogen and oxygen atoms in total. The number of H-pyrrole nitrogens is 1. The summed E-state index contributed by atoms with van der Waals surface area (Å²) < 4.78 is 2.06. The lowest BCUT2D eigenvalue weighted by Gasteiger charge is -2.32. The van der Waals surface area contributed by atoms with Gasteiger partial charge in [0, 0.05) is 12.4 Å². The molecule has 1 saturated carbocycles. The van der Waals surface area contributed by atoms with E-state index in [4.69, 9.17) is 0 Å². The third kappa shape index (κ3) is 2.24. The van der Waals surface area contributed by atoms with E-state index in [0.717, 1.165) is 24.2 Å². The van der Waals surface area contributed by atoms with E-state index in [1.54, 1.807) is 12.7 Å². The fraction of sp³-hybridized carbons (Fsp3) is 0.429. The number of hydrogen-bond acceptors (Lipinski definition) is 5. The van der Waals surface area contributed by atoms with Crippen LogP contribution < -0.4 is 5.32 Å². The molecule has 1 fully saturated rings. The van der Waals surface area contributed by atoms with E-state index in [-0.39, 0.29) is 0 Å². The Balaban J connectivity index is 1.64. The first kappa shape index (κ1) is 12.3. The number of nitrogens with zero attached hydrogens (tertiary/aromatic N) is 5. The van der Waals surface area contributed by atoms with Crippen molar-refractivity contribution in [2.45, 2.75) is 37.8 Å². The lowest BCUT2D eigenvalue weighted by atomic mass is 9.90. The van der Waals surface area contributed by atoms with Crippen LogP contribution in [-0.4, -0.2) is 35.8 Å². The second-order valence-corrected chi connectivity index (χ2v) is 5.41. The van der Waals surface area contributed by atoms with Gasteiger partial charge < -0.3 is 10.3 Å². The Kier molecular flexibility index (Phi) is 3.02. The molecule has 7 heteroatoms. The Morgan fingerprint density at radius 1 is 1.19 bits per heavy atom. The van der Waals surface area contributed by atoms with Gasteiger partial charge >= 0.3 is 0 Å². The third-order valence-electron chi connectivity index (χ3n) is 4.14. The minimum absolute atomic E-state index is 0.319.